The zero-order valence-electron chi connectivity index (χ0n) is 13.2. The smallest absolute Gasteiger partial charge is 0.254 e. The van der Waals surface area contributed by atoms with Gasteiger partial charge in [-0.1, -0.05) is 46.8 Å². The molecule has 0 saturated heterocycles. The van der Waals surface area contributed by atoms with E-state index in [1.807, 2.05) is 38.1 Å². The maximum absolute atomic E-state index is 11.6. The molecule has 0 unspecified atom stereocenters. The number of hydrogen-bond donors (Lipinski definition) is 1. The first-order valence-corrected chi connectivity index (χ1v) is 7.15. The largest absolute Gasteiger partial charge is 0.439 e. The molecule has 0 spiro atoms. The molecule has 0 aliphatic carbocycles. The zero-order valence-corrected chi connectivity index (χ0v) is 13.2. The molecule has 1 aromatic heterocycles. The number of rotatable bonds is 3. The number of hydrogen-bond acceptors (Lipinski definition) is 3. The van der Waals surface area contributed by atoms with Crippen molar-refractivity contribution in [3.05, 3.63) is 52.1 Å². The maximum atomic E-state index is 11.6. The monoisotopic (exact) mass is 286 g/mol. The Morgan fingerprint density at radius 2 is 1.76 bits per heavy atom. The molecule has 0 atom stereocenters. The van der Waals surface area contributed by atoms with Gasteiger partial charge in [0.05, 0.1) is 6.07 Å². The average molecular weight is 286 g/mol. The van der Waals surface area contributed by atoms with Crippen LogP contribution in [0.4, 0.5) is 0 Å². The minimum absolute atomic E-state index is 0.103. The SMILES string of the molecule is CC(C)c1nc(Oc2ccc(C(C)(C)C)cc2)cc(=O)[nH]1. The third kappa shape index (κ3) is 3.94. The summed E-state index contributed by atoms with van der Waals surface area (Å²) in [5.41, 5.74) is 1.14. The van der Waals surface area contributed by atoms with Crippen LogP contribution in [0.25, 0.3) is 0 Å². The van der Waals surface area contributed by atoms with E-state index in [2.05, 4.69) is 30.7 Å². The highest BCUT2D eigenvalue weighted by atomic mass is 16.5. The van der Waals surface area contributed by atoms with Crippen LogP contribution >= 0.6 is 0 Å². The lowest BCUT2D eigenvalue weighted by molar-refractivity contribution is 0.455. The molecule has 0 saturated carbocycles. The van der Waals surface area contributed by atoms with Crippen LogP contribution in [0.15, 0.2) is 35.1 Å². The number of nitrogens with one attached hydrogen (secondary N) is 1. The van der Waals surface area contributed by atoms with Crippen LogP contribution in [-0.4, -0.2) is 9.97 Å². The van der Waals surface area contributed by atoms with E-state index in [0.717, 1.165) is 0 Å². The molecular formula is C17H22N2O2. The van der Waals surface area contributed by atoms with Crippen molar-refractivity contribution in [3.63, 3.8) is 0 Å². The van der Waals surface area contributed by atoms with Gasteiger partial charge in [0.2, 0.25) is 5.88 Å². The summed E-state index contributed by atoms with van der Waals surface area (Å²) in [6.07, 6.45) is 0. The molecular weight excluding hydrogens is 264 g/mol. The van der Waals surface area contributed by atoms with Crippen LogP contribution in [0, 0.1) is 0 Å². The predicted octanol–water partition coefficient (Wildman–Crippen LogP) is 3.98. The Morgan fingerprint density at radius 3 is 2.29 bits per heavy atom. The summed E-state index contributed by atoms with van der Waals surface area (Å²) in [6, 6.07) is 9.23. The molecule has 1 heterocycles. The van der Waals surface area contributed by atoms with E-state index in [1.165, 1.54) is 11.6 Å². The van der Waals surface area contributed by atoms with E-state index in [1.54, 1.807) is 0 Å². The van der Waals surface area contributed by atoms with Crippen molar-refractivity contribution in [3.8, 4) is 11.6 Å². The van der Waals surface area contributed by atoms with Gasteiger partial charge < -0.3 is 9.72 Å². The first kappa shape index (κ1) is 15.3. The first-order valence-electron chi connectivity index (χ1n) is 7.15. The van der Waals surface area contributed by atoms with Crippen molar-refractivity contribution in [1.82, 2.24) is 9.97 Å². The number of aromatic nitrogens is 2. The van der Waals surface area contributed by atoms with Crippen LogP contribution in [0.5, 0.6) is 11.6 Å². The standard InChI is InChI=1S/C17H22N2O2/c1-11(2)16-18-14(20)10-15(19-16)21-13-8-6-12(7-9-13)17(3,4)5/h6-11H,1-5H3,(H,18,19,20). The third-order valence-electron chi connectivity index (χ3n) is 3.23. The molecule has 1 aromatic carbocycles. The van der Waals surface area contributed by atoms with E-state index in [9.17, 15) is 4.79 Å². The van der Waals surface area contributed by atoms with Gasteiger partial charge in [-0.25, -0.2) is 0 Å². The van der Waals surface area contributed by atoms with E-state index >= 15 is 0 Å². The fourth-order valence-corrected chi connectivity index (χ4v) is 1.92. The van der Waals surface area contributed by atoms with Gasteiger partial charge in [0.15, 0.2) is 0 Å². The van der Waals surface area contributed by atoms with Crippen LogP contribution in [0.3, 0.4) is 0 Å². The van der Waals surface area contributed by atoms with E-state index in [0.29, 0.717) is 17.5 Å². The molecule has 112 valence electrons. The van der Waals surface area contributed by atoms with Crippen molar-refractivity contribution < 1.29 is 4.74 Å². The fraction of sp³-hybridized carbons (Fsp3) is 0.412. The number of benzene rings is 1. The molecule has 1 N–H and O–H groups in total. The van der Waals surface area contributed by atoms with E-state index in [4.69, 9.17) is 4.74 Å². The van der Waals surface area contributed by atoms with Crippen molar-refractivity contribution in [2.75, 3.05) is 0 Å². The summed E-state index contributed by atoms with van der Waals surface area (Å²) >= 11 is 0. The molecule has 0 bridgehead atoms. The predicted molar refractivity (Wildman–Crippen MR) is 84.2 cm³/mol. The zero-order chi connectivity index (χ0) is 15.6. The average Bonchev–Trinajstić information content (AvgIpc) is 2.37. The van der Waals surface area contributed by atoms with Gasteiger partial charge in [-0.3, -0.25) is 4.79 Å². The van der Waals surface area contributed by atoms with Crippen molar-refractivity contribution in [2.24, 2.45) is 0 Å². The Balaban J connectivity index is 2.24. The van der Waals surface area contributed by atoms with Crippen molar-refractivity contribution in [2.45, 2.75) is 46.0 Å². The quantitative estimate of drug-likeness (QED) is 0.928. The second-order valence-electron chi connectivity index (χ2n) is 6.50. The highest BCUT2D eigenvalue weighted by molar-refractivity contribution is 5.33. The minimum atomic E-state index is -0.199. The summed E-state index contributed by atoms with van der Waals surface area (Å²) in [4.78, 5) is 18.7. The molecule has 21 heavy (non-hydrogen) atoms. The molecule has 0 radical (unpaired) electrons. The third-order valence-corrected chi connectivity index (χ3v) is 3.23. The van der Waals surface area contributed by atoms with Crippen molar-refractivity contribution >= 4 is 0 Å². The molecule has 4 nitrogen and oxygen atoms in total. The Hall–Kier alpha value is -2.10. The lowest BCUT2D eigenvalue weighted by Gasteiger charge is -2.19. The fourth-order valence-electron chi connectivity index (χ4n) is 1.92. The summed E-state index contributed by atoms with van der Waals surface area (Å²) in [6.45, 7) is 10.4. The van der Waals surface area contributed by atoms with Gasteiger partial charge in [0.1, 0.15) is 11.6 Å². The summed E-state index contributed by atoms with van der Waals surface area (Å²) < 4.78 is 5.69. The normalized spacial score (nSPS) is 11.7. The Labute approximate surface area is 125 Å². The molecule has 0 aliphatic heterocycles. The van der Waals surface area contributed by atoms with Gasteiger partial charge in [-0.15, -0.1) is 0 Å². The Kier molecular flexibility index (Phi) is 4.16. The molecule has 0 amide bonds. The number of H-pyrrole nitrogens is 1. The van der Waals surface area contributed by atoms with Gasteiger partial charge >= 0.3 is 0 Å². The molecule has 4 heteroatoms. The topological polar surface area (TPSA) is 55.0 Å². The second kappa shape index (κ2) is 5.72. The van der Waals surface area contributed by atoms with Crippen LogP contribution in [0.1, 0.15) is 51.9 Å². The maximum Gasteiger partial charge on any atom is 0.254 e. The summed E-state index contributed by atoms with van der Waals surface area (Å²) in [7, 11) is 0. The molecule has 0 fully saturated rings. The number of nitrogens with zero attached hydrogens (tertiary/aromatic N) is 1. The van der Waals surface area contributed by atoms with E-state index in [-0.39, 0.29) is 16.9 Å². The Bertz CT molecular complexity index is 664. The lowest BCUT2D eigenvalue weighted by atomic mass is 9.87. The summed E-state index contributed by atoms with van der Waals surface area (Å²) in [5.74, 6) is 1.77. The van der Waals surface area contributed by atoms with Crippen molar-refractivity contribution in [1.29, 1.82) is 0 Å². The summed E-state index contributed by atoms with van der Waals surface area (Å²) in [5, 5.41) is 0. The molecule has 0 aliphatic rings. The van der Waals surface area contributed by atoms with Crippen LogP contribution < -0.4 is 10.3 Å². The van der Waals surface area contributed by atoms with Gasteiger partial charge in [-0.2, -0.15) is 4.98 Å². The van der Waals surface area contributed by atoms with Crippen LogP contribution in [-0.2, 0) is 5.41 Å². The number of aromatic amines is 1. The highest BCUT2D eigenvalue weighted by Crippen LogP contribution is 2.26. The van der Waals surface area contributed by atoms with Gasteiger partial charge in [0, 0.05) is 5.92 Å². The lowest BCUT2D eigenvalue weighted by Crippen LogP contribution is -2.12. The van der Waals surface area contributed by atoms with E-state index < -0.39 is 0 Å². The molecule has 2 aromatic rings. The first-order chi connectivity index (χ1) is 9.75. The van der Waals surface area contributed by atoms with Crippen LogP contribution in [0.2, 0.25) is 0 Å². The Morgan fingerprint density at radius 1 is 1.14 bits per heavy atom. The second-order valence-corrected chi connectivity index (χ2v) is 6.50. The molecule has 2 rings (SSSR count). The highest BCUT2D eigenvalue weighted by Gasteiger charge is 2.13. The van der Waals surface area contributed by atoms with Gasteiger partial charge in [-0.05, 0) is 23.1 Å². The number of ether oxygens (including phenoxy) is 1. The van der Waals surface area contributed by atoms with Gasteiger partial charge in [0.25, 0.3) is 5.56 Å². The minimum Gasteiger partial charge on any atom is -0.439 e.